The van der Waals surface area contributed by atoms with Gasteiger partial charge in [-0.2, -0.15) is 0 Å². The summed E-state index contributed by atoms with van der Waals surface area (Å²) in [5.74, 6) is 0. The standard InChI is InChI=1S/C23H39N3O2/c1-9-12-13-24-18(4)21(20(10-2)11-3)19(5)25-14-16-26(17-15-25)22(27)28-23(6,7)8/h10,12-13H,9,11,14-17H2,1-8H3/b13-12+,20-10-,21-19-,24-18+. The van der Waals surface area contributed by atoms with Crippen LogP contribution in [0.25, 0.3) is 0 Å². The molecular formula is C23H39N3O2. The van der Waals surface area contributed by atoms with Gasteiger partial charge in [0.1, 0.15) is 5.60 Å². The number of nitrogens with zero attached hydrogens (tertiary/aromatic N) is 3. The van der Waals surface area contributed by atoms with Crippen LogP contribution >= 0.6 is 0 Å². The Kier molecular flexibility index (Phi) is 9.50. The number of hydrogen-bond acceptors (Lipinski definition) is 4. The van der Waals surface area contributed by atoms with Crippen LogP contribution in [0.5, 0.6) is 0 Å². The van der Waals surface area contributed by atoms with Crippen molar-refractivity contribution >= 4 is 11.8 Å². The van der Waals surface area contributed by atoms with Gasteiger partial charge in [0.25, 0.3) is 0 Å². The van der Waals surface area contributed by atoms with Gasteiger partial charge in [-0.05, 0) is 60.0 Å². The first-order valence-electron chi connectivity index (χ1n) is 10.4. The number of ether oxygens (including phenoxy) is 1. The monoisotopic (exact) mass is 389 g/mol. The van der Waals surface area contributed by atoms with E-state index in [0.717, 1.165) is 31.6 Å². The van der Waals surface area contributed by atoms with Crippen molar-refractivity contribution in [3.05, 3.63) is 35.2 Å². The molecule has 0 atom stereocenters. The lowest BCUT2D eigenvalue weighted by atomic mass is 9.96. The topological polar surface area (TPSA) is 45.1 Å². The number of allylic oxidation sites excluding steroid dienone is 5. The second-order valence-electron chi connectivity index (χ2n) is 8.09. The van der Waals surface area contributed by atoms with E-state index in [1.54, 1.807) is 4.90 Å². The zero-order chi connectivity index (χ0) is 21.3. The Balaban J connectivity index is 3.01. The van der Waals surface area contributed by atoms with Crippen LogP contribution in [0.1, 0.15) is 68.2 Å². The Hall–Kier alpha value is -2.04. The van der Waals surface area contributed by atoms with Crippen molar-refractivity contribution in [2.45, 2.75) is 73.8 Å². The molecule has 1 rings (SSSR count). The molecule has 5 nitrogen and oxygen atoms in total. The van der Waals surface area contributed by atoms with Crippen LogP contribution in [-0.2, 0) is 4.74 Å². The van der Waals surface area contributed by atoms with Crippen molar-refractivity contribution in [3.63, 3.8) is 0 Å². The Morgan fingerprint density at radius 2 is 1.64 bits per heavy atom. The van der Waals surface area contributed by atoms with E-state index in [1.807, 2.05) is 27.0 Å². The minimum atomic E-state index is -0.460. The molecule has 0 unspecified atom stereocenters. The van der Waals surface area contributed by atoms with E-state index in [0.29, 0.717) is 13.1 Å². The SMILES string of the molecule is C\C=C(CC)/C(C(/C)=N/C=C/CC)=C(/C)N1CCN(C(=O)OC(C)(C)C)CC1. The smallest absolute Gasteiger partial charge is 0.410 e. The molecule has 1 amide bonds. The highest BCUT2D eigenvalue weighted by Crippen LogP contribution is 2.24. The molecule has 1 saturated heterocycles. The molecule has 158 valence electrons. The lowest BCUT2D eigenvalue weighted by Crippen LogP contribution is -2.49. The Bertz CT molecular complexity index is 643. The average molecular weight is 390 g/mol. The first-order chi connectivity index (χ1) is 13.1. The van der Waals surface area contributed by atoms with Crippen LogP contribution in [0.2, 0.25) is 0 Å². The molecule has 0 radical (unpaired) electrons. The second kappa shape index (κ2) is 11.1. The molecule has 1 fully saturated rings. The van der Waals surface area contributed by atoms with E-state index in [4.69, 9.17) is 4.74 Å². The summed E-state index contributed by atoms with van der Waals surface area (Å²) in [7, 11) is 0. The average Bonchev–Trinajstić information content (AvgIpc) is 2.64. The third kappa shape index (κ3) is 7.17. The molecule has 0 aromatic rings. The molecule has 0 aliphatic carbocycles. The van der Waals surface area contributed by atoms with Gasteiger partial charge in [-0.25, -0.2) is 4.79 Å². The van der Waals surface area contributed by atoms with Crippen molar-refractivity contribution in [2.24, 2.45) is 4.99 Å². The number of carbonyl (C=O) groups excluding carboxylic acids is 1. The van der Waals surface area contributed by atoms with Gasteiger partial charge in [0.15, 0.2) is 0 Å². The van der Waals surface area contributed by atoms with Crippen molar-refractivity contribution in [1.82, 2.24) is 9.80 Å². The van der Waals surface area contributed by atoms with Crippen LogP contribution in [0.4, 0.5) is 4.79 Å². The van der Waals surface area contributed by atoms with Gasteiger partial charge in [-0.3, -0.25) is 4.99 Å². The zero-order valence-electron chi connectivity index (χ0n) is 19.1. The van der Waals surface area contributed by atoms with Gasteiger partial charge in [-0.15, -0.1) is 0 Å². The van der Waals surface area contributed by atoms with Crippen molar-refractivity contribution in [3.8, 4) is 0 Å². The molecule has 0 aromatic carbocycles. The summed E-state index contributed by atoms with van der Waals surface area (Å²) >= 11 is 0. The van der Waals surface area contributed by atoms with E-state index in [9.17, 15) is 4.79 Å². The number of hydrogen-bond donors (Lipinski definition) is 0. The number of amides is 1. The molecule has 0 bridgehead atoms. The molecule has 0 saturated carbocycles. The van der Waals surface area contributed by atoms with Crippen LogP contribution in [0, 0.1) is 0 Å². The zero-order valence-corrected chi connectivity index (χ0v) is 19.1. The fourth-order valence-electron chi connectivity index (χ4n) is 3.30. The highest BCUT2D eigenvalue weighted by Gasteiger charge is 2.27. The van der Waals surface area contributed by atoms with E-state index >= 15 is 0 Å². The molecule has 1 aliphatic rings. The number of aliphatic imine (C=N–C) groups is 1. The van der Waals surface area contributed by atoms with Gasteiger partial charge in [0, 0.05) is 49.4 Å². The fraction of sp³-hybridized carbons (Fsp3) is 0.652. The van der Waals surface area contributed by atoms with Gasteiger partial charge in [-0.1, -0.05) is 26.0 Å². The molecule has 5 heteroatoms. The summed E-state index contributed by atoms with van der Waals surface area (Å²) < 4.78 is 5.51. The lowest BCUT2D eigenvalue weighted by Gasteiger charge is -2.38. The molecule has 0 N–H and O–H groups in total. The number of piperazine rings is 1. The minimum absolute atomic E-state index is 0.223. The molecule has 0 spiro atoms. The van der Waals surface area contributed by atoms with Crippen molar-refractivity contribution < 1.29 is 9.53 Å². The molecule has 0 aromatic heterocycles. The Morgan fingerprint density at radius 1 is 1.07 bits per heavy atom. The van der Waals surface area contributed by atoms with Crippen LogP contribution < -0.4 is 0 Å². The van der Waals surface area contributed by atoms with E-state index < -0.39 is 5.60 Å². The number of rotatable bonds is 6. The first-order valence-corrected chi connectivity index (χ1v) is 10.4. The number of carbonyl (C=O) groups is 1. The second-order valence-corrected chi connectivity index (χ2v) is 8.09. The lowest BCUT2D eigenvalue weighted by molar-refractivity contribution is 0.0168. The molecular weight excluding hydrogens is 350 g/mol. The summed E-state index contributed by atoms with van der Waals surface area (Å²) in [5, 5.41) is 0. The molecule has 1 heterocycles. The third-order valence-electron chi connectivity index (χ3n) is 4.79. The van der Waals surface area contributed by atoms with Crippen LogP contribution in [0.3, 0.4) is 0 Å². The van der Waals surface area contributed by atoms with E-state index in [1.165, 1.54) is 16.8 Å². The van der Waals surface area contributed by atoms with Crippen molar-refractivity contribution in [2.75, 3.05) is 26.2 Å². The summed E-state index contributed by atoms with van der Waals surface area (Å²) in [4.78, 5) is 21.1. The summed E-state index contributed by atoms with van der Waals surface area (Å²) in [6.07, 6.45) is 7.86. The molecule has 1 aliphatic heterocycles. The third-order valence-corrected chi connectivity index (χ3v) is 4.79. The Labute approximate surface area is 171 Å². The largest absolute Gasteiger partial charge is 0.444 e. The van der Waals surface area contributed by atoms with Gasteiger partial charge in [0.2, 0.25) is 0 Å². The highest BCUT2D eigenvalue weighted by atomic mass is 16.6. The maximum atomic E-state index is 12.3. The predicted molar refractivity (Wildman–Crippen MR) is 119 cm³/mol. The van der Waals surface area contributed by atoms with Crippen molar-refractivity contribution in [1.29, 1.82) is 0 Å². The summed E-state index contributed by atoms with van der Waals surface area (Å²) in [6, 6.07) is 0. The quantitative estimate of drug-likeness (QED) is 0.442. The van der Waals surface area contributed by atoms with E-state index in [2.05, 4.69) is 56.7 Å². The maximum absolute atomic E-state index is 12.3. The summed E-state index contributed by atoms with van der Waals surface area (Å²) in [5.41, 5.74) is 4.32. The fourth-order valence-corrected chi connectivity index (χ4v) is 3.30. The Morgan fingerprint density at radius 3 is 2.11 bits per heavy atom. The predicted octanol–water partition coefficient (Wildman–Crippen LogP) is 5.55. The van der Waals surface area contributed by atoms with Crippen LogP contribution in [0.15, 0.2) is 40.2 Å². The van der Waals surface area contributed by atoms with E-state index in [-0.39, 0.29) is 6.09 Å². The highest BCUT2D eigenvalue weighted by molar-refractivity contribution is 6.03. The minimum Gasteiger partial charge on any atom is -0.444 e. The van der Waals surface area contributed by atoms with Crippen LogP contribution in [-0.4, -0.2) is 53.4 Å². The maximum Gasteiger partial charge on any atom is 0.410 e. The normalized spacial score (nSPS) is 17.9. The van der Waals surface area contributed by atoms with Gasteiger partial charge < -0.3 is 14.5 Å². The first kappa shape index (κ1) is 24.0. The van der Waals surface area contributed by atoms with Gasteiger partial charge in [0.05, 0.1) is 0 Å². The van der Waals surface area contributed by atoms with Gasteiger partial charge >= 0.3 is 6.09 Å². The summed E-state index contributed by atoms with van der Waals surface area (Å²) in [6.45, 7) is 19.3. The molecule has 28 heavy (non-hydrogen) atoms.